The predicted molar refractivity (Wildman–Crippen MR) is 71.0 cm³/mol. The molecule has 0 amide bonds. The first-order valence-corrected chi connectivity index (χ1v) is 6.73. The van der Waals surface area contributed by atoms with Crippen LogP contribution < -0.4 is 0 Å². The Labute approximate surface area is 102 Å². The first kappa shape index (κ1) is 15.9. The third kappa shape index (κ3) is 8.08. The maximum Gasteiger partial charge on any atom is 0.0474 e. The summed E-state index contributed by atoms with van der Waals surface area (Å²) in [4.78, 5) is 4.96. The summed E-state index contributed by atoms with van der Waals surface area (Å²) in [5, 5.41) is 0. The van der Waals surface area contributed by atoms with E-state index in [-0.39, 0.29) is 0 Å². The largest absolute Gasteiger partial charge is 0.385 e. The van der Waals surface area contributed by atoms with E-state index in [2.05, 4.69) is 16.8 Å². The van der Waals surface area contributed by atoms with Crippen molar-refractivity contribution in [3.8, 4) is 0 Å². The molecule has 0 saturated carbocycles. The molecule has 0 atom stereocenters. The minimum Gasteiger partial charge on any atom is -0.385 e. The van der Waals surface area contributed by atoms with Gasteiger partial charge < -0.3 is 14.5 Å². The van der Waals surface area contributed by atoms with Crippen molar-refractivity contribution in [3.63, 3.8) is 0 Å². The highest BCUT2D eigenvalue weighted by Gasteiger charge is 2.11. The quantitative estimate of drug-likeness (QED) is 0.623. The van der Waals surface area contributed by atoms with Gasteiger partial charge in [-0.3, -0.25) is 0 Å². The van der Waals surface area contributed by atoms with E-state index < -0.39 is 0 Å². The Balaban J connectivity index is 0.00000106. The molecular formula is C13H30N2O. The van der Waals surface area contributed by atoms with Gasteiger partial charge in [0.05, 0.1) is 0 Å². The zero-order chi connectivity index (χ0) is 12.2. The highest BCUT2D eigenvalue weighted by atomic mass is 16.5. The SMILES string of the molecule is CC.COCCCN(C)CCN1CCCC1. The van der Waals surface area contributed by atoms with Crippen LogP contribution in [0.4, 0.5) is 0 Å². The van der Waals surface area contributed by atoms with E-state index >= 15 is 0 Å². The molecule has 0 aromatic rings. The van der Waals surface area contributed by atoms with Crippen LogP contribution in [-0.2, 0) is 4.74 Å². The molecule has 0 N–H and O–H groups in total. The van der Waals surface area contributed by atoms with Gasteiger partial charge in [-0.15, -0.1) is 0 Å². The van der Waals surface area contributed by atoms with Crippen LogP contribution in [0.15, 0.2) is 0 Å². The summed E-state index contributed by atoms with van der Waals surface area (Å²) in [5.41, 5.74) is 0. The standard InChI is InChI=1S/C11H24N2O.C2H6/c1-12(6-5-11-14-2)9-10-13-7-3-4-8-13;1-2/h3-11H2,1-2H3;1-2H3. The van der Waals surface area contributed by atoms with Crippen molar-refractivity contribution in [2.45, 2.75) is 33.1 Å². The minimum absolute atomic E-state index is 0.883. The second kappa shape index (κ2) is 11.4. The number of rotatable bonds is 7. The molecule has 0 aromatic carbocycles. The highest BCUT2D eigenvalue weighted by Crippen LogP contribution is 2.06. The molecule has 0 radical (unpaired) electrons. The van der Waals surface area contributed by atoms with Crippen molar-refractivity contribution in [3.05, 3.63) is 0 Å². The normalized spacial score (nSPS) is 16.3. The average molecular weight is 230 g/mol. The van der Waals surface area contributed by atoms with Crippen molar-refractivity contribution in [2.24, 2.45) is 0 Å². The summed E-state index contributed by atoms with van der Waals surface area (Å²) in [6.07, 6.45) is 3.94. The number of likely N-dealkylation sites (tertiary alicyclic amines) is 1. The lowest BCUT2D eigenvalue weighted by Gasteiger charge is -2.20. The van der Waals surface area contributed by atoms with Crippen LogP contribution in [-0.4, -0.2) is 63.3 Å². The van der Waals surface area contributed by atoms with E-state index in [1.807, 2.05) is 13.8 Å². The van der Waals surface area contributed by atoms with Crippen molar-refractivity contribution in [1.29, 1.82) is 0 Å². The first-order valence-electron chi connectivity index (χ1n) is 6.73. The summed E-state index contributed by atoms with van der Waals surface area (Å²) in [7, 11) is 3.97. The maximum atomic E-state index is 5.03. The van der Waals surface area contributed by atoms with Crippen molar-refractivity contribution in [2.75, 3.05) is 53.5 Å². The van der Waals surface area contributed by atoms with Gasteiger partial charge in [0.25, 0.3) is 0 Å². The van der Waals surface area contributed by atoms with Gasteiger partial charge in [0.2, 0.25) is 0 Å². The van der Waals surface area contributed by atoms with E-state index in [0.29, 0.717) is 0 Å². The number of likely N-dealkylation sites (N-methyl/N-ethyl adjacent to an activating group) is 1. The van der Waals surface area contributed by atoms with Gasteiger partial charge >= 0.3 is 0 Å². The molecule has 0 bridgehead atoms. The van der Waals surface area contributed by atoms with Gasteiger partial charge in [0.15, 0.2) is 0 Å². The van der Waals surface area contributed by atoms with Gasteiger partial charge in [-0.1, -0.05) is 13.8 Å². The summed E-state index contributed by atoms with van der Waals surface area (Å²) >= 11 is 0. The molecule has 1 aliphatic rings. The van der Waals surface area contributed by atoms with E-state index in [1.54, 1.807) is 7.11 Å². The molecule has 3 heteroatoms. The smallest absolute Gasteiger partial charge is 0.0474 e. The maximum absolute atomic E-state index is 5.03. The van der Waals surface area contributed by atoms with Crippen molar-refractivity contribution >= 4 is 0 Å². The number of nitrogens with zero attached hydrogens (tertiary/aromatic N) is 2. The summed E-state index contributed by atoms with van der Waals surface area (Å²) in [6, 6.07) is 0. The lowest BCUT2D eigenvalue weighted by molar-refractivity contribution is 0.175. The molecule has 0 aromatic heterocycles. The molecule has 1 rings (SSSR count). The molecule has 1 fully saturated rings. The van der Waals surface area contributed by atoms with Crippen molar-refractivity contribution in [1.82, 2.24) is 9.80 Å². The molecule has 0 spiro atoms. The second-order valence-corrected chi connectivity index (χ2v) is 4.20. The van der Waals surface area contributed by atoms with E-state index in [4.69, 9.17) is 4.74 Å². The Hall–Kier alpha value is -0.120. The van der Waals surface area contributed by atoms with E-state index in [1.165, 1.54) is 39.0 Å². The summed E-state index contributed by atoms with van der Waals surface area (Å²) < 4.78 is 5.03. The molecule has 1 aliphatic heterocycles. The number of hydrogen-bond acceptors (Lipinski definition) is 3. The van der Waals surface area contributed by atoms with Gasteiger partial charge in [-0.05, 0) is 39.4 Å². The zero-order valence-electron chi connectivity index (χ0n) is 11.7. The Morgan fingerprint density at radius 2 is 1.75 bits per heavy atom. The second-order valence-electron chi connectivity index (χ2n) is 4.20. The fourth-order valence-corrected chi connectivity index (χ4v) is 1.91. The molecule has 3 nitrogen and oxygen atoms in total. The lowest BCUT2D eigenvalue weighted by atomic mass is 10.4. The Morgan fingerprint density at radius 1 is 1.12 bits per heavy atom. The molecule has 1 saturated heterocycles. The molecule has 0 unspecified atom stereocenters. The topological polar surface area (TPSA) is 15.7 Å². The third-order valence-electron chi connectivity index (χ3n) is 2.88. The molecule has 16 heavy (non-hydrogen) atoms. The Morgan fingerprint density at radius 3 is 2.31 bits per heavy atom. The van der Waals surface area contributed by atoms with Crippen LogP contribution in [0.5, 0.6) is 0 Å². The van der Waals surface area contributed by atoms with Gasteiger partial charge in [0.1, 0.15) is 0 Å². The van der Waals surface area contributed by atoms with Gasteiger partial charge in [0, 0.05) is 33.4 Å². The highest BCUT2D eigenvalue weighted by molar-refractivity contribution is 4.67. The zero-order valence-corrected chi connectivity index (χ0v) is 11.7. The number of methoxy groups -OCH3 is 1. The summed E-state index contributed by atoms with van der Waals surface area (Å²) in [5.74, 6) is 0. The minimum atomic E-state index is 0.883. The average Bonchev–Trinajstić information content (AvgIpc) is 2.82. The van der Waals surface area contributed by atoms with Crippen molar-refractivity contribution < 1.29 is 4.74 Å². The lowest BCUT2D eigenvalue weighted by Crippen LogP contribution is -2.32. The van der Waals surface area contributed by atoms with Crippen LogP contribution in [0, 0.1) is 0 Å². The first-order chi connectivity index (χ1) is 7.83. The third-order valence-corrected chi connectivity index (χ3v) is 2.88. The Bertz CT molecular complexity index is 136. The number of hydrogen-bond donors (Lipinski definition) is 0. The predicted octanol–water partition coefficient (Wildman–Crippen LogP) is 2.08. The van der Waals surface area contributed by atoms with Crippen LogP contribution >= 0.6 is 0 Å². The molecular weight excluding hydrogens is 200 g/mol. The molecule has 1 heterocycles. The van der Waals surface area contributed by atoms with Crippen LogP contribution in [0.1, 0.15) is 33.1 Å². The van der Waals surface area contributed by atoms with Crippen LogP contribution in [0.2, 0.25) is 0 Å². The monoisotopic (exact) mass is 230 g/mol. The fraction of sp³-hybridized carbons (Fsp3) is 1.00. The molecule has 0 aliphatic carbocycles. The molecule has 98 valence electrons. The van der Waals surface area contributed by atoms with Crippen LogP contribution in [0.3, 0.4) is 0 Å². The Kier molecular flexibility index (Phi) is 11.3. The fourth-order valence-electron chi connectivity index (χ4n) is 1.91. The van der Waals surface area contributed by atoms with E-state index in [0.717, 1.165) is 19.6 Å². The van der Waals surface area contributed by atoms with Gasteiger partial charge in [-0.2, -0.15) is 0 Å². The van der Waals surface area contributed by atoms with Crippen LogP contribution in [0.25, 0.3) is 0 Å². The van der Waals surface area contributed by atoms with E-state index in [9.17, 15) is 0 Å². The number of ether oxygens (including phenoxy) is 1. The van der Waals surface area contributed by atoms with Gasteiger partial charge in [-0.25, -0.2) is 0 Å². The summed E-state index contributed by atoms with van der Waals surface area (Å²) in [6.45, 7) is 11.1.